The van der Waals surface area contributed by atoms with Gasteiger partial charge in [-0.25, -0.2) is 24.3 Å². The average Bonchev–Trinajstić information content (AvgIpc) is 2.85. The van der Waals surface area contributed by atoms with Gasteiger partial charge in [0.15, 0.2) is 0 Å². The zero-order chi connectivity index (χ0) is 9.78. The van der Waals surface area contributed by atoms with Gasteiger partial charge in [-0.15, -0.1) is 46.8 Å². The van der Waals surface area contributed by atoms with Gasteiger partial charge < -0.3 is 0 Å². The summed E-state index contributed by atoms with van der Waals surface area (Å²) in [6, 6.07) is 0. The first-order chi connectivity index (χ1) is 6.41. The Balaban J connectivity index is -0.0000000638. The molecule has 0 heterocycles. The van der Waals surface area contributed by atoms with Crippen molar-refractivity contribution in [1.29, 1.82) is 0 Å². The molecule has 0 aliphatic heterocycles. The number of allylic oxidation sites excluding steroid dienone is 8. The van der Waals surface area contributed by atoms with Gasteiger partial charge in [0.1, 0.15) is 0 Å². The zero-order valence-electron chi connectivity index (χ0n) is 9.77. The molecule has 0 aromatic heterocycles. The summed E-state index contributed by atoms with van der Waals surface area (Å²) < 4.78 is 0. The van der Waals surface area contributed by atoms with Crippen LogP contribution in [0.2, 0.25) is 13.1 Å². The molecular formula is C12H19Br2SiZr. The van der Waals surface area contributed by atoms with Crippen molar-refractivity contribution in [1.82, 2.24) is 0 Å². The van der Waals surface area contributed by atoms with E-state index in [1.807, 2.05) is 24.3 Å². The van der Waals surface area contributed by atoms with E-state index >= 15 is 0 Å². The topological polar surface area (TPSA) is 0 Å². The normalized spacial score (nSPS) is 12.1. The van der Waals surface area contributed by atoms with E-state index in [0.717, 1.165) is 22.4 Å². The van der Waals surface area contributed by atoms with Crippen molar-refractivity contribution < 1.29 is 26.2 Å². The van der Waals surface area contributed by atoms with Crippen molar-refractivity contribution in [3.05, 3.63) is 48.6 Å². The van der Waals surface area contributed by atoms with Crippen molar-refractivity contribution in [3.8, 4) is 0 Å². The fourth-order valence-electron chi connectivity index (χ4n) is 0.680. The monoisotopic (exact) mass is 439 g/mol. The van der Waals surface area contributed by atoms with E-state index < -0.39 is 0 Å². The molecule has 1 radical (unpaired) electrons. The smallest absolute Gasteiger partial charge is 0.273 e. The average molecular weight is 442 g/mol. The summed E-state index contributed by atoms with van der Waals surface area (Å²) >= 11 is 0. The second kappa shape index (κ2) is 25.0. The number of hydrogen-bond donors (Lipinski definition) is 0. The fraction of sp³-hybridized carbons (Fsp3) is 0.333. The van der Waals surface area contributed by atoms with Crippen molar-refractivity contribution in [2.45, 2.75) is 25.9 Å². The van der Waals surface area contributed by atoms with E-state index in [9.17, 15) is 0 Å². The molecule has 0 saturated carbocycles. The molecule has 4 heteroatoms. The van der Waals surface area contributed by atoms with Crippen LogP contribution in [0, 0.1) is 12.2 Å². The van der Waals surface area contributed by atoms with E-state index in [0.29, 0.717) is 0 Å². The van der Waals surface area contributed by atoms with Crippen molar-refractivity contribution in [2.75, 3.05) is 0 Å². The van der Waals surface area contributed by atoms with E-state index in [-0.39, 0.29) is 60.2 Å². The molecule has 16 heavy (non-hydrogen) atoms. The van der Waals surface area contributed by atoms with Crippen molar-refractivity contribution >= 4 is 43.5 Å². The second-order valence-electron chi connectivity index (χ2n) is 2.58. The first-order valence-electron chi connectivity index (χ1n) is 4.59. The molecule has 0 fully saturated rings. The van der Waals surface area contributed by atoms with Gasteiger partial charge in [-0.3, -0.25) is 12.2 Å². The maximum absolute atomic E-state index is 2.99. The van der Waals surface area contributed by atoms with Crippen LogP contribution in [0.3, 0.4) is 0 Å². The molecule has 0 nitrogen and oxygen atoms in total. The SMILES string of the molecule is Br.Br.C[SiH]C.[C-]1=CC=CC1.[C-]1=CC=CC1.[Zr+2]. The number of rotatable bonds is 0. The minimum absolute atomic E-state index is 0. The quantitative estimate of drug-likeness (QED) is 0.388. The molecule has 0 saturated heterocycles. The van der Waals surface area contributed by atoms with Crippen molar-refractivity contribution in [2.24, 2.45) is 0 Å². The maximum Gasteiger partial charge on any atom is 2.00 e. The molecule has 0 aromatic rings. The van der Waals surface area contributed by atoms with Crippen LogP contribution in [0.25, 0.3) is 0 Å². The summed E-state index contributed by atoms with van der Waals surface area (Å²) in [6.07, 6.45) is 20.0. The van der Waals surface area contributed by atoms with Crippen LogP contribution >= 0.6 is 34.0 Å². The third-order valence-corrected chi connectivity index (χ3v) is 1.17. The molecule has 0 unspecified atom stereocenters. The summed E-state index contributed by atoms with van der Waals surface area (Å²) in [5, 5.41) is 0. The van der Waals surface area contributed by atoms with E-state index in [1.165, 1.54) is 0 Å². The Morgan fingerprint density at radius 2 is 1.19 bits per heavy atom. The van der Waals surface area contributed by atoms with Crippen LogP contribution in [0.5, 0.6) is 0 Å². The Bertz CT molecular complexity index is 169. The van der Waals surface area contributed by atoms with Gasteiger partial charge in [0.25, 0.3) is 0 Å². The van der Waals surface area contributed by atoms with Gasteiger partial charge >= 0.3 is 26.2 Å². The molecule has 0 spiro atoms. The van der Waals surface area contributed by atoms with Gasteiger partial charge in [-0.1, -0.05) is 13.1 Å². The Morgan fingerprint density at radius 1 is 0.875 bits per heavy atom. The molecule has 89 valence electrons. The van der Waals surface area contributed by atoms with Crippen molar-refractivity contribution in [3.63, 3.8) is 0 Å². The minimum atomic E-state index is 0. The van der Waals surface area contributed by atoms with Gasteiger partial charge in [0, 0.05) is 9.52 Å². The van der Waals surface area contributed by atoms with E-state index in [1.54, 1.807) is 0 Å². The van der Waals surface area contributed by atoms with Crippen LogP contribution in [0.4, 0.5) is 0 Å². The molecule has 2 rings (SSSR count). The van der Waals surface area contributed by atoms with Crippen LogP contribution in [-0.4, -0.2) is 9.52 Å². The van der Waals surface area contributed by atoms with E-state index in [2.05, 4.69) is 37.4 Å². The molecule has 0 bridgehead atoms. The first-order valence-corrected chi connectivity index (χ1v) is 6.90. The number of hydrogen-bond acceptors (Lipinski definition) is 0. The van der Waals surface area contributed by atoms with Gasteiger partial charge in [0.2, 0.25) is 0 Å². The molecular weight excluding hydrogens is 423 g/mol. The molecule has 0 amide bonds. The minimum Gasteiger partial charge on any atom is -0.273 e. The fourth-order valence-corrected chi connectivity index (χ4v) is 0.680. The standard InChI is InChI=1S/2C5H5.C2H7Si.2BrH.Zr/c2*1-2-4-5-3-1;1-3-2;;;/h2*1-3H,4H2;3H,1-2H3;2*1H;/q2*-1;;;;+2. The largest absolute Gasteiger partial charge is 2.00 e. The van der Waals surface area contributed by atoms with Gasteiger partial charge in [-0.05, 0) is 0 Å². The Hall–Kier alpha value is 1.02. The Labute approximate surface area is 143 Å². The molecule has 0 N–H and O–H groups in total. The summed E-state index contributed by atoms with van der Waals surface area (Å²) in [6.45, 7) is 4.42. The number of halogens is 2. The third kappa shape index (κ3) is 24.3. The summed E-state index contributed by atoms with van der Waals surface area (Å²) in [5.74, 6) is 0. The Morgan fingerprint density at radius 3 is 1.25 bits per heavy atom. The predicted molar refractivity (Wildman–Crippen MR) is 82.7 cm³/mol. The molecule has 0 atom stereocenters. The third-order valence-electron chi connectivity index (χ3n) is 1.17. The van der Waals surface area contributed by atoms with Crippen LogP contribution in [-0.2, 0) is 26.2 Å². The maximum atomic E-state index is 2.99. The molecule has 0 aromatic carbocycles. The second-order valence-corrected chi connectivity index (χ2v) is 3.74. The first kappa shape index (κ1) is 25.8. The van der Waals surface area contributed by atoms with Crippen LogP contribution in [0.1, 0.15) is 12.8 Å². The van der Waals surface area contributed by atoms with Crippen LogP contribution < -0.4 is 0 Å². The summed E-state index contributed by atoms with van der Waals surface area (Å²) in [4.78, 5) is 0. The predicted octanol–water partition coefficient (Wildman–Crippen LogP) is 4.28. The van der Waals surface area contributed by atoms with E-state index in [4.69, 9.17) is 0 Å². The van der Waals surface area contributed by atoms with Gasteiger partial charge in [0.05, 0.1) is 0 Å². The summed E-state index contributed by atoms with van der Waals surface area (Å²) in [7, 11) is 0.750. The Kier molecular flexibility index (Phi) is 40.3. The zero-order valence-corrected chi connectivity index (χ0v) is 16.8. The van der Waals surface area contributed by atoms with Gasteiger partial charge in [-0.2, -0.15) is 12.2 Å². The summed E-state index contributed by atoms with van der Waals surface area (Å²) in [5.41, 5.74) is 0. The molecule has 2 aliphatic rings. The molecule has 2 aliphatic carbocycles. The van der Waals surface area contributed by atoms with Crippen LogP contribution in [0.15, 0.2) is 36.5 Å².